The molecular formula is C19H14BrN3O3S. The second-order valence-electron chi connectivity index (χ2n) is 6.03. The van der Waals surface area contributed by atoms with Crippen molar-refractivity contribution in [3.63, 3.8) is 0 Å². The van der Waals surface area contributed by atoms with Crippen LogP contribution in [0.1, 0.15) is 15.2 Å². The highest BCUT2D eigenvalue weighted by atomic mass is 79.9. The number of rotatable bonds is 4. The van der Waals surface area contributed by atoms with Gasteiger partial charge in [-0.25, -0.2) is 5.48 Å². The van der Waals surface area contributed by atoms with Gasteiger partial charge >= 0.3 is 0 Å². The van der Waals surface area contributed by atoms with E-state index < -0.39 is 5.91 Å². The van der Waals surface area contributed by atoms with Gasteiger partial charge in [0.2, 0.25) is 5.91 Å². The van der Waals surface area contributed by atoms with Crippen molar-refractivity contribution in [1.82, 2.24) is 10.5 Å². The third-order valence-corrected chi connectivity index (χ3v) is 5.81. The SMILES string of the molecule is O=C(Cc1c[nH]c2ccc(Br)cc12)Nc1ccc2sc(C(=O)NO)cc2c1. The zero-order valence-electron chi connectivity index (χ0n) is 13.9. The molecule has 0 aliphatic carbocycles. The topological polar surface area (TPSA) is 94.2 Å². The van der Waals surface area contributed by atoms with Crippen LogP contribution in [-0.2, 0) is 11.2 Å². The number of halogens is 1. The summed E-state index contributed by atoms with van der Waals surface area (Å²) in [6, 6.07) is 13.0. The lowest BCUT2D eigenvalue weighted by Gasteiger charge is -2.05. The first-order chi connectivity index (χ1) is 13.0. The van der Waals surface area contributed by atoms with Gasteiger partial charge < -0.3 is 10.3 Å². The Bertz CT molecular complexity index is 1180. The van der Waals surface area contributed by atoms with Gasteiger partial charge in [0, 0.05) is 32.0 Å². The zero-order valence-corrected chi connectivity index (χ0v) is 16.3. The molecule has 6 nitrogen and oxygen atoms in total. The molecule has 2 heterocycles. The van der Waals surface area contributed by atoms with Crippen LogP contribution in [0.4, 0.5) is 5.69 Å². The van der Waals surface area contributed by atoms with E-state index in [1.54, 1.807) is 17.6 Å². The standard InChI is InChI=1S/C19H14BrN3O3S/c20-12-1-3-15-14(8-12)11(9-21-15)7-18(24)22-13-2-4-16-10(5-13)6-17(27-16)19(25)23-26/h1-6,8-9,21,26H,7H2,(H,22,24)(H,23,25). The number of H-pyrrole nitrogens is 1. The molecule has 0 unspecified atom stereocenters. The Hall–Kier alpha value is -2.68. The summed E-state index contributed by atoms with van der Waals surface area (Å²) in [4.78, 5) is 27.6. The fourth-order valence-electron chi connectivity index (χ4n) is 2.96. The molecule has 0 radical (unpaired) electrons. The highest BCUT2D eigenvalue weighted by Crippen LogP contribution is 2.28. The van der Waals surface area contributed by atoms with Gasteiger partial charge in [-0.15, -0.1) is 11.3 Å². The van der Waals surface area contributed by atoms with Crippen LogP contribution in [0.25, 0.3) is 21.0 Å². The molecule has 0 atom stereocenters. The molecule has 2 amide bonds. The molecule has 0 saturated heterocycles. The molecule has 4 N–H and O–H groups in total. The monoisotopic (exact) mass is 443 g/mol. The van der Waals surface area contributed by atoms with Crippen LogP contribution >= 0.6 is 27.3 Å². The zero-order chi connectivity index (χ0) is 19.0. The molecule has 4 rings (SSSR count). The summed E-state index contributed by atoms with van der Waals surface area (Å²) in [7, 11) is 0. The minimum Gasteiger partial charge on any atom is -0.361 e. The number of aromatic nitrogens is 1. The van der Waals surface area contributed by atoms with Crippen LogP contribution in [0, 0.1) is 0 Å². The van der Waals surface area contributed by atoms with Gasteiger partial charge in [-0.05, 0) is 53.4 Å². The Kier molecular flexibility index (Phi) is 4.69. The Morgan fingerprint density at radius 3 is 2.81 bits per heavy atom. The van der Waals surface area contributed by atoms with Gasteiger partial charge in [0.1, 0.15) is 0 Å². The first-order valence-electron chi connectivity index (χ1n) is 8.07. The summed E-state index contributed by atoms with van der Waals surface area (Å²) in [6.45, 7) is 0. The van der Waals surface area contributed by atoms with E-state index in [0.29, 0.717) is 10.6 Å². The van der Waals surface area contributed by atoms with E-state index in [9.17, 15) is 9.59 Å². The average Bonchev–Trinajstić information content (AvgIpc) is 3.24. The van der Waals surface area contributed by atoms with E-state index in [4.69, 9.17) is 5.21 Å². The van der Waals surface area contributed by atoms with E-state index in [-0.39, 0.29) is 12.3 Å². The van der Waals surface area contributed by atoms with Gasteiger partial charge in [-0.2, -0.15) is 0 Å². The molecule has 2 aromatic carbocycles. The van der Waals surface area contributed by atoms with Gasteiger partial charge in [-0.1, -0.05) is 15.9 Å². The smallest absolute Gasteiger partial charge is 0.284 e. The molecule has 0 aliphatic heterocycles. The van der Waals surface area contributed by atoms with Gasteiger partial charge in [-0.3, -0.25) is 14.8 Å². The van der Waals surface area contributed by atoms with E-state index in [1.807, 2.05) is 36.5 Å². The molecule has 0 bridgehead atoms. The lowest BCUT2D eigenvalue weighted by Crippen LogP contribution is -2.16. The molecule has 136 valence electrons. The summed E-state index contributed by atoms with van der Waals surface area (Å²) in [5.74, 6) is -0.675. The number of hydroxylamine groups is 1. The van der Waals surface area contributed by atoms with Crippen molar-refractivity contribution < 1.29 is 14.8 Å². The number of hydrogen-bond donors (Lipinski definition) is 4. The van der Waals surface area contributed by atoms with Crippen molar-refractivity contribution in [3.05, 3.63) is 63.6 Å². The van der Waals surface area contributed by atoms with Gasteiger partial charge in [0.15, 0.2) is 0 Å². The number of thiophene rings is 1. The maximum absolute atomic E-state index is 12.5. The Morgan fingerprint density at radius 1 is 1.15 bits per heavy atom. The minimum absolute atomic E-state index is 0.126. The molecule has 0 fully saturated rings. The van der Waals surface area contributed by atoms with Crippen molar-refractivity contribution in [3.8, 4) is 0 Å². The van der Waals surface area contributed by atoms with E-state index in [0.717, 1.165) is 31.0 Å². The highest BCUT2D eigenvalue weighted by Gasteiger charge is 2.12. The molecule has 0 aliphatic rings. The molecule has 8 heteroatoms. The number of carbonyl (C=O) groups is 2. The third-order valence-electron chi connectivity index (χ3n) is 4.21. The number of aromatic amines is 1. The summed E-state index contributed by atoms with van der Waals surface area (Å²) in [5, 5.41) is 13.5. The van der Waals surface area contributed by atoms with Gasteiger partial charge in [0.25, 0.3) is 5.91 Å². The summed E-state index contributed by atoms with van der Waals surface area (Å²) in [6.07, 6.45) is 2.09. The summed E-state index contributed by atoms with van der Waals surface area (Å²) < 4.78 is 1.86. The Balaban J connectivity index is 1.53. The van der Waals surface area contributed by atoms with Crippen molar-refractivity contribution in [1.29, 1.82) is 0 Å². The van der Waals surface area contributed by atoms with Crippen molar-refractivity contribution in [2.75, 3.05) is 5.32 Å². The Labute approximate surface area is 166 Å². The fraction of sp³-hybridized carbons (Fsp3) is 0.0526. The largest absolute Gasteiger partial charge is 0.361 e. The normalized spacial score (nSPS) is 11.0. The fourth-order valence-corrected chi connectivity index (χ4v) is 4.26. The number of nitrogens with one attached hydrogen (secondary N) is 3. The van der Waals surface area contributed by atoms with E-state index in [2.05, 4.69) is 26.2 Å². The molecule has 27 heavy (non-hydrogen) atoms. The lowest BCUT2D eigenvalue weighted by molar-refractivity contribution is -0.115. The first kappa shape index (κ1) is 17.7. The average molecular weight is 444 g/mol. The molecule has 2 aromatic heterocycles. The minimum atomic E-state index is -0.549. The number of anilines is 1. The maximum atomic E-state index is 12.5. The van der Waals surface area contributed by atoms with Crippen LogP contribution in [-0.4, -0.2) is 22.0 Å². The highest BCUT2D eigenvalue weighted by molar-refractivity contribution is 9.10. The van der Waals surface area contributed by atoms with Crippen LogP contribution < -0.4 is 10.8 Å². The number of amides is 2. The first-order valence-corrected chi connectivity index (χ1v) is 9.68. The van der Waals surface area contributed by atoms with Crippen molar-refractivity contribution in [2.45, 2.75) is 6.42 Å². The molecule has 4 aromatic rings. The number of fused-ring (bicyclic) bond motifs is 2. The van der Waals surface area contributed by atoms with Crippen LogP contribution in [0.3, 0.4) is 0 Å². The molecule has 0 spiro atoms. The van der Waals surface area contributed by atoms with Crippen LogP contribution in [0.15, 0.2) is 53.1 Å². The van der Waals surface area contributed by atoms with Gasteiger partial charge in [0.05, 0.1) is 11.3 Å². The quantitative estimate of drug-likeness (QED) is 0.277. The molecule has 0 saturated carbocycles. The number of carbonyl (C=O) groups excluding carboxylic acids is 2. The van der Waals surface area contributed by atoms with Crippen molar-refractivity contribution in [2.24, 2.45) is 0 Å². The van der Waals surface area contributed by atoms with E-state index in [1.165, 1.54) is 11.3 Å². The summed E-state index contributed by atoms with van der Waals surface area (Å²) in [5.41, 5.74) is 4.18. The number of hydrogen-bond acceptors (Lipinski definition) is 4. The Morgan fingerprint density at radius 2 is 2.00 bits per heavy atom. The lowest BCUT2D eigenvalue weighted by atomic mass is 10.1. The van der Waals surface area contributed by atoms with Crippen LogP contribution in [0.2, 0.25) is 0 Å². The second-order valence-corrected chi connectivity index (χ2v) is 8.03. The molecular weight excluding hydrogens is 430 g/mol. The predicted molar refractivity (Wildman–Crippen MR) is 109 cm³/mol. The van der Waals surface area contributed by atoms with E-state index >= 15 is 0 Å². The summed E-state index contributed by atoms with van der Waals surface area (Å²) >= 11 is 4.72. The predicted octanol–water partition coefficient (Wildman–Crippen LogP) is 4.45. The van der Waals surface area contributed by atoms with Crippen molar-refractivity contribution >= 4 is 65.8 Å². The second kappa shape index (κ2) is 7.15. The third kappa shape index (κ3) is 3.59. The number of benzene rings is 2. The van der Waals surface area contributed by atoms with Crippen LogP contribution in [0.5, 0.6) is 0 Å². The maximum Gasteiger partial charge on any atom is 0.284 e.